The maximum atomic E-state index is 12.9. The molecule has 0 fully saturated rings. The van der Waals surface area contributed by atoms with E-state index in [1.165, 1.54) is 0 Å². The second-order valence-electron chi connectivity index (χ2n) is 6.72. The Balaban J connectivity index is 1.47. The average molecular weight is 418 g/mol. The van der Waals surface area contributed by atoms with Crippen LogP contribution in [0, 0.1) is 0 Å². The first-order valence-electron chi connectivity index (χ1n) is 9.41. The molecule has 6 nitrogen and oxygen atoms in total. The number of rotatable bonds is 3. The zero-order chi connectivity index (χ0) is 20.5. The molecule has 5 rings (SSSR count). The summed E-state index contributed by atoms with van der Waals surface area (Å²) in [6.45, 7) is 0.869. The summed E-state index contributed by atoms with van der Waals surface area (Å²) in [5.74, 6) is 0.725. The molecular formula is C23H16ClN3O3. The van der Waals surface area contributed by atoms with Gasteiger partial charge in [0.15, 0.2) is 11.5 Å². The van der Waals surface area contributed by atoms with Crippen molar-refractivity contribution in [2.45, 2.75) is 0 Å². The first-order chi connectivity index (χ1) is 14.7. The van der Waals surface area contributed by atoms with Crippen LogP contribution in [-0.2, 0) is 0 Å². The van der Waals surface area contributed by atoms with Gasteiger partial charge in [-0.3, -0.25) is 9.78 Å². The van der Waals surface area contributed by atoms with Crippen LogP contribution >= 0.6 is 11.6 Å². The van der Waals surface area contributed by atoms with Gasteiger partial charge in [-0.2, -0.15) is 0 Å². The van der Waals surface area contributed by atoms with Crippen LogP contribution in [0.2, 0.25) is 5.02 Å². The van der Waals surface area contributed by atoms with E-state index in [9.17, 15) is 4.79 Å². The number of para-hydroxylation sites is 3. The molecule has 0 spiro atoms. The van der Waals surface area contributed by atoms with E-state index in [4.69, 9.17) is 21.1 Å². The van der Waals surface area contributed by atoms with E-state index in [1.54, 1.807) is 42.6 Å². The minimum atomic E-state index is -0.296. The van der Waals surface area contributed by atoms with Crippen LogP contribution in [-0.4, -0.2) is 29.1 Å². The molecule has 3 aromatic carbocycles. The SMILES string of the molecule is O=C(Nc1ccc(Cl)c(-c2cnc3ccccc3n2)c1)c1cccc2c1OCCO2. The van der Waals surface area contributed by atoms with Gasteiger partial charge in [0.05, 0.1) is 33.5 Å². The van der Waals surface area contributed by atoms with Gasteiger partial charge < -0.3 is 14.8 Å². The van der Waals surface area contributed by atoms with Gasteiger partial charge in [0.25, 0.3) is 5.91 Å². The fraction of sp³-hybridized carbons (Fsp3) is 0.0870. The molecule has 30 heavy (non-hydrogen) atoms. The van der Waals surface area contributed by atoms with Crippen molar-refractivity contribution < 1.29 is 14.3 Å². The molecule has 1 aliphatic heterocycles. The van der Waals surface area contributed by atoms with Gasteiger partial charge in [0.1, 0.15) is 13.2 Å². The predicted molar refractivity (Wildman–Crippen MR) is 115 cm³/mol. The number of hydrogen-bond acceptors (Lipinski definition) is 5. The van der Waals surface area contributed by atoms with Crippen molar-refractivity contribution in [3.63, 3.8) is 0 Å². The quantitative estimate of drug-likeness (QED) is 0.509. The molecule has 0 unspecified atom stereocenters. The molecule has 1 aliphatic rings. The maximum Gasteiger partial charge on any atom is 0.259 e. The normalized spacial score (nSPS) is 12.6. The summed E-state index contributed by atoms with van der Waals surface area (Å²) < 4.78 is 11.2. The smallest absolute Gasteiger partial charge is 0.259 e. The number of benzene rings is 3. The minimum absolute atomic E-state index is 0.296. The number of amides is 1. The van der Waals surface area contributed by atoms with Gasteiger partial charge >= 0.3 is 0 Å². The van der Waals surface area contributed by atoms with E-state index in [-0.39, 0.29) is 5.91 Å². The van der Waals surface area contributed by atoms with Crippen molar-refractivity contribution in [3.8, 4) is 22.8 Å². The van der Waals surface area contributed by atoms with Crippen LogP contribution in [0.3, 0.4) is 0 Å². The number of halogens is 1. The van der Waals surface area contributed by atoms with Crippen molar-refractivity contribution in [2.75, 3.05) is 18.5 Å². The van der Waals surface area contributed by atoms with Crippen molar-refractivity contribution in [1.29, 1.82) is 0 Å². The molecule has 4 aromatic rings. The van der Waals surface area contributed by atoms with Crippen LogP contribution in [0.25, 0.3) is 22.3 Å². The van der Waals surface area contributed by atoms with Gasteiger partial charge in [0.2, 0.25) is 0 Å². The Bertz CT molecular complexity index is 1280. The Morgan fingerprint density at radius 3 is 2.70 bits per heavy atom. The second kappa shape index (κ2) is 7.65. The number of hydrogen-bond donors (Lipinski definition) is 1. The van der Waals surface area contributed by atoms with E-state index in [0.717, 1.165) is 11.0 Å². The molecule has 0 atom stereocenters. The lowest BCUT2D eigenvalue weighted by molar-refractivity contribution is 0.101. The van der Waals surface area contributed by atoms with Gasteiger partial charge in [-0.25, -0.2) is 4.98 Å². The van der Waals surface area contributed by atoms with E-state index in [2.05, 4.69) is 15.3 Å². The molecule has 1 amide bonds. The third-order valence-electron chi connectivity index (χ3n) is 4.76. The van der Waals surface area contributed by atoms with Crippen LogP contribution in [0.5, 0.6) is 11.5 Å². The molecule has 1 aromatic heterocycles. The lowest BCUT2D eigenvalue weighted by Gasteiger charge is -2.20. The zero-order valence-electron chi connectivity index (χ0n) is 15.8. The van der Waals surface area contributed by atoms with E-state index < -0.39 is 0 Å². The monoisotopic (exact) mass is 417 g/mol. The maximum absolute atomic E-state index is 12.9. The number of fused-ring (bicyclic) bond motifs is 2. The lowest BCUT2D eigenvalue weighted by atomic mass is 10.1. The zero-order valence-corrected chi connectivity index (χ0v) is 16.5. The highest BCUT2D eigenvalue weighted by Crippen LogP contribution is 2.35. The summed E-state index contributed by atoms with van der Waals surface area (Å²) in [7, 11) is 0. The average Bonchev–Trinajstić information content (AvgIpc) is 2.79. The largest absolute Gasteiger partial charge is 0.486 e. The van der Waals surface area contributed by atoms with E-state index in [0.29, 0.717) is 52.2 Å². The highest BCUT2D eigenvalue weighted by atomic mass is 35.5. The Morgan fingerprint density at radius 2 is 1.80 bits per heavy atom. The molecule has 0 bridgehead atoms. The first kappa shape index (κ1) is 18.4. The summed E-state index contributed by atoms with van der Waals surface area (Å²) in [6, 6.07) is 18.1. The third-order valence-corrected chi connectivity index (χ3v) is 5.09. The number of ether oxygens (including phenoxy) is 2. The first-order valence-corrected chi connectivity index (χ1v) is 9.78. The number of carbonyl (C=O) groups excluding carboxylic acids is 1. The van der Waals surface area contributed by atoms with Gasteiger partial charge in [-0.05, 0) is 42.5 Å². The Hall–Kier alpha value is -3.64. The van der Waals surface area contributed by atoms with Gasteiger partial charge in [0, 0.05) is 11.3 Å². The Labute approximate surface area is 177 Å². The summed E-state index contributed by atoms with van der Waals surface area (Å²) in [5, 5.41) is 3.42. The van der Waals surface area contributed by atoms with Crippen molar-refractivity contribution in [2.24, 2.45) is 0 Å². The Morgan fingerprint density at radius 1 is 0.967 bits per heavy atom. The van der Waals surface area contributed by atoms with Crippen LogP contribution < -0.4 is 14.8 Å². The fourth-order valence-electron chi connectivity index (χ4n) is 3.34. The van der Waals surface area contributed by atoms with E-state index >= 15 is 0 Å². The molecule has 0 aliphatic carbocycles. The second-order valence-corrected chi connectivity index (χ2v) is 7.13. The summed E-state index contributed by atoms with van der Waals surface area (Å²) in [6.07, 6.45) is 1.67. The van der Waals surface area contributed by atoms with Crippen molar-refractivity contribution in [1.82, 2.24) is 9.97 Å². The molecule has 0 saturated carbocycles. The number of anilines is 1. The third kappa shape index (κ3) is 3.42. The number of aromatic nitrogens is 2. The minimum Gasteiger partial charge on any atom is -0.486 e. The summed E-state index contributed by atoms with van der Waals surface area (Å²) in [4.78, 5) is 22.0. The highest BCUT2D eigenvalue weighted by molar-refractivity contribution is 6.33. The number of nitrogens with zero attached hydrogens (tertiary/aromatic N) is 2. The van der Waals surface area contributed by atoms with Gasteiger partial charge in [-0.1, -0.05) is 29.8 Å². The summed E-state index contributed by atoms with van der Waals surface area (Å²) in [5.41, 5.74) is 3.88. The summed E-state index contributed by atoms with van der Waals surface area (Å²) >= 11 is 6.41. The molecule has 0 radical (unpaired) electrons. The number of nitrogens with one attached hydrogen (secondary N) is 1. The van der Waals surface area contributed by atoms with Gasteiger partial charge in [-0.15, -0.1) is 0 Å². The van der Waals surface area contributed by atoms with Crippen molar-refractivity contribution >= 4 is 34.2 Å². The molecule has 7 heteroatoms. The molecule has 148 valence electrons. The lowest BCUT2D eigenvalue weighted by Crippen LogP contribution is -2.20. The highest BCUT2D eigenvalue weighted by Gasteiger charge is 2.20. The van der Waals surface area contributed by atoms with Crippen molar-refractivity contribution in [3.05, 3.63) is 77.4 Å². The molecule has 0 saturated heterocycles. The molecule has 1 N–H and O–H groups in total. The standard InChI is InChI=1S/C23H16ClN3O3/c24-17-9-8-14(12-16(17)20-13-25-18-5-1-2-6-19(18)27-20)26-23(28)15-4-3-7-21-22(15)30-11-10-29-21/h1-9,12-13H,10-11H2,(H,26,28). The topological polar surface area (TPSA) is 73.3 Å². The molecular weight excluding hydrogens is 402 g/mol. The molecule has 2 heterocycles. The van der Waals surface area contributed by atoms with Crippen LogP contribution in [0.4, 0.5) is 5.69 Å². The van der Waals surface area contributed by atoms with E-state index in [1.807, 2.05) is 24.3 Å². The predicted octanol–water partition coefficient (Wildman–Crippen LogP) is 4.97. The fourth-order valence-corrected chi connectivity index (χ4v) is 3.55. The van der Waals surface area contributed by atoms with Crippen LogP contribution in [0.15, 0.2) is 66.9 Å². The number of carbonyl (C=O) groups is 1. The van der Waals surface area contributed by atoms with Crippen LogP contribution in [0.1, 0.15) is 10.4 Å². The Kier molecular flexibility index (Phi) is 4.69.